The Bertz CT molecular complexity index is 1390. The van der Waals surface area contributed by atoms with E-state index >= 15 is 0 Å². The van der Waals surface area contributed by atoms with Crippen molar-refractivity contribution in [3.63, 3.8) is 0 Å². The van der Waals surface area contributed by atoms with E-state index in [2.05, 4.69) is 15.5 Å². The second kappa shape index (κ2) is 11.6. The van der Waals surface area contributed by atoms with Crippen LogP contribution in [-0.4, -0.2) is 46.3 Å². The molecule has 3 aliphatic heterocycles. The van der Waals surface area contributed by atoms with Gasteiger partial charge in [0, 0.05) is 30.0 Å². The van der Waals surface area contributed by atoms with Gasteiger partial charge >= 0.3 is 5.97 Å². The van der Waals surface area contributed by atoms with E-state index in [1.54, 1.807) is 12.1 Å². The van der Waals surface area contributed by atoms with Gasteiger partial charge in [0.05, 0.1) is 13.1 Å². The van der Waals surface area contributed by atoms with Crippen LogP contribution in [0, 0.1) is 11.7 Å². The number of nitrogens with zero attached hydrogens (tertiary/aromatic N) is 3. The van der Waals surface area contributed by atoms with Gasteiger partial charge in [-0.3, -0.25) is 0 Å². The van der Waals surface area contributed by atoms with Gasteiger partial charge in [0.15, 0.2) is 12.1 Å². The number of esters is 1. The van der Waals surface area contributed by atoms with Crippen LogP contribution in [0.2, 0.25) is 0 Å². The van der Waals surface area contributed by atoms with Crippen molar-refractivity contribution in [3.8, 4) is 11.5 Å². The minimum Gasteiger partial charge on any atom is -1.00 e. The number of carbonyl (C=O) groups excluding carboxylic acids is 1. The second-order valence-electron chi connectivity index (χ2n) is 10.3. The van der Waals surface area contributed by atoms with Crippen LogP contribution >= 0.6 is 0 Å². The summed E-state index contributed by atoms with van der Waals surface area (Å²) in [5.74, 6) is 0.625. The molecule has 0 unspecified atom stereocenters. The second-order valence-corrected chi connectivity index (χ2v) is 10.3. The fourth-order valence-electron chi connectivity index (χ4n) is 5.78. The van der Waals surface area contributed by atoms with Gasteiger partial charge in [0.2, 0.25) is 5.82 Å². The van der Waals surface area contributed by atoms with Crippen molar-refractivity contribution in [2.24, 2.45) is 5.92 Å². The number of para-hydroxylation sites is 1. The number of halogens is 2. The molecule has 0 spiro atoms. The number of anilines is 1. The minimum absolute atomic E-state index is 0. The van der Waals surface area contributed by atoms with Crippen molar-refractivity contribution < 1.29 is 35.3 Å². The smallest absolute Gasteiger partial charge is 0.333 e. The lowest BCUT2D eigenvalue weighted by atomic mass is 9.83. The molecule has 4 heterocycles. The molecular formula is C30H30ClFN4O3. The lowest BCUT2D eigenvalue weighted by Gasteiger charge is -2.51. The fourth-order valence-corrected chi connectivity index (χ4v) is 5.78. The van der Waals surface area contributed by atoms with Crippen molar-refractivity contribution in [2.45, 2.75) is 31.5 Å². The Hall–Kier alpha value is -3.75. The first-order chi connectivity index (χ1) is 18.6. The number of benzene rings is 3. The predicted molar refractivity (Wildman–Crippen MR) is 140 cm³/mol. The quantitative estimate of drug-likeness (QED) is 0.269. The number of ether oxygens (including phenoxy) is 1. The van der Waals surface area contributed by atoms with Gasteiger partial charge in [-0.05, 0) is 35.9 Å². The molecule has 0 aliphatic carbocycles. The maximum Gasteiger partial charge on any atom is 0.333 e. The number of piperidine rings is 3. The number of rotatable bonds is 8. The number of quaternary nitrogens is 1. The molecule has 9 heteroatoms. The van der Waals surface area contributed by atoms with E-state index in [1.807, 2.05) is 60.7 Å². The Morgan fingerprint density at radius 1 is 1.03 bits per heavy atom. The van der Waals surface area contributed by atoms with E-state index in [9.17, 15) is 9.18 Å². The average Bonchev–Trinajstić information content (AvgIpc) is 3.41. The first kappa shape index (κ1) is 26.8. The largest absolute Gasteiger partial charge is 1.00 e. The van der Waals surface area contributed by atoms with Crippen molar-refractivity contribution in [1.29, 1.82) is 0 Å². The molecule has 0 saturated carbocycles. The van der Waals surface area contributed by atoms with Gasteiger partial charge in [-0.15, -0.1) is 0 Å². The third-order valence-corrected chi connectivity index (χ3v) is 7.78. The summed E-state index contributed by atoms with van der Waals surface area (Å²) < 4.78 is 26.1. The topological polar surface area (TPSA) is 77.2 Å². The zero-order valence-corrected chi connectivity index (χ0v) is 22.1. The Labute approximate surface area is 233 Å². The lowest BCUT2D eigenvalue weighted by Crippen LogP contribution is -3.00. The van der Waals surface area contributed by atoms with Crippen molar-refractivity contribution >= 4 is 11.7 Å². The molecule has 1 N–H and O–H groups in total. The van der Waals surface area contributed by atoms with E-state index in [-0.39, 0.29) is 30.3 Å². The van der Waals surface area contributed by atoms with Crippen LogP contribution in [0.15, 0.2) is 89.5 Å². The van der Waals surface area contributed by atoms with Crippen LogP contribution in [0.1, 0.15) is 30.3 Å². The molecule has 3 aromatic carbocycles. The number of aromatic nitrogens is 2. The molecule has 3 fully saturated rings. The van der Waals surface area contributed by atoms with Crippen LogP contribution in [0.25, 0.3) is 11.5 Å². The molecule has 0 radical (unpaired) electrons. The Morgan fingerprint density at radius 3 is 2.46 bits per heavy atom. The molecule has 1 aromatic heterocycles. The van der Waals surface area contributed by atoms with E-state index in [1.165, 1.54) is 12.1 Å². The number of hydrogen-bond acceptors (Lipinski definition) is 6. The zero-order chi connectivity index (χ0) is 26.0. The van der Waals surface area contributed by atoms with E-state index in [0.717, 1.165) is 41.7 Å². The highest BCUT2D eigenvalue weighted by Crippen LogP contribution is 2.38. The van der Waals surface area contributed by atoms with Gasteiger partial charge in [-0.1, -0.05) is 59.8 Å². The molecule has 2 atom stereocenters. The molecule has 0 amide bonds. The maximum absolute atomic E-state index is 13.6. The predicted octanol–water partition coefficient (Wildman–Crippen LogP) is 2.39. The van der Waals surface area contributed by atoms with Crippen LogP contribution in [-0.2, 0) is 16.1 Å². The highest BCUT2D eigenvalue weighted by atomic mass is 35.5. The number of hydrogen-bond donors (Lipinski definition) is 1. The highest BCUT2D eigenvalue weighted by molar-refractivity contribution is 5.81. The number of carbonyl (C=O) groups is 1. The summed E-state index contributed by atoms with van der Waals surface area (Å²) >= 11 is 0. The Morgan fingerprint density at radius 2 is 1.74 bits per heavy atom. The van der Waals surface area contributed by atoms with Crippen LogP contribution in [0.5, 0.6) is 0 Å². The highest BCUT2D eigenvalue weighted by Gasteiger charge is 2.48. The van der Waals surface area contributed by atoms with Crippen molar-refractivity contribution in [3.05, 3.63) is 102 Å². The number of fused-ring (bicyclic) bond motifs is 3. The summed E-state index contributed by atoms with van der Waals surface area (Å²) in [6.07, 6.45) is 1.78. The van der Waals surface area contributed by atoms with E-state index < -0.39 is 6.04 Å². The molecule has 7 nitrogen and oxygen atoms in total. The van der Waals surface area contributed by atoms with Gasteiger partial charge in [0.25, 0.3) is 5.89 Å². The van der Waals surface area contributed by atoms with Crippen LogP contribution in [0.3, 0.4) is 0 Å². The average molecular weight is 549 g/mol. The van der Waals surface area contributed by atoms with Gasteiger partial charge < -0.3 is 31.5 Å². The fraction of sp³-hybridized carbons (Fsp3) is 0.300. The molecule has 2 bridgehead atoms. The third kappa shape index (κ3) is 5.97. The standard InChI is InChI=1S/C30H30FN4O3.ClH/c31-24-11-7-10-23(18-24)29-33-27(34-38-29)20-35-16-14-21(15-17-35)26(19-35)37-30(36)28(22-8-3-1-4-9-22)32-25-12-5-2-6-13-25;/h1-13,18,21,26,28,32H,14-17,19-20H2;1H/q+1;/p-1/t21?,26-,28+,35?;/m0./s1. The maximum atomic E-state index is 13.6. The van der Waals surface area contributed by atoms with Gasteiger partial charge in [-0.25, -0.2) is 9.18 Å². The normalized spacial score (nSPS) is 22.5. The molecular weight excluding hydrogens is 519 g/mol. The molecule has 4 aromatic rings. The third-order valence-electron chi connectivity index (χ3n) is 7.78. The monoisotopic (exact) mass is 548 g/mol. The lowest BCUT2D eigenvalue weighted by molar-refractivity contribution is -0.958. The summed E-state index contributed by atoms with van der Waals surface area (Å²) in [4.78, 5) is 18.1. The zero-order valence-electron chi connectivity index (χ0n) is 21.4. The number of nitrogens with one attached hydrogen (secondary N) is 1. The van der Waals surface area contributed by atoms with Gasteiger partial charge in [0.1, 0.15) is 18.9 Å². The van der Waals surface area contributed by atoms with Gasteiger partial charge in [-0.2, -0.15) is 4.98 Å². The molecule has 3 saturated heterocycles. The molecule has 3 aliphatic rings. The molecule has 39 heavy (non-hydrogen) atoms. The minimum atomic E-state index is -0.603. The van der Waals surface area contributed by atoms with E-state index in [0.29, 0.717) is 36.3 Å². The molecule has 7 rings (SSSR count). The summed E-state index contributed by atoms with van der Waals surface area (Å²) in [5, 5.41) is 7.55. The van der Waals surface area contributed by atoms with Crippen LogP contribution < -0.4 is 17.7 Å². The first-order valence-corrected chi connectivity index (χ1v) is 13.1. The summed E-state index contributed by atoms with van der Waals surface area (Å²) in [5.41, 5.74) is 2.29. The summed E-state index contributed by atoms with van der Waals surface area (Å²) in [6.45, 7) is 3.26. The van der Waals surface area contributed by atoms with Crippen molar-refractivity contribution in [1.82, 2.24) is 10.1 Å². The SMILES string of the molecule is O=C(O[C@H]1C[N+]2(Cc3noc(-c4cccc(F)c4)n3)CCC1CC2)[C@H](Nc1ccccc1)c1ccccc1.[Cl-]. The molecule has 202 valence electrons. The summed E-state index contributed by atoms with van der Waals surface area (Å²) in [6, 6.07) is 24.9. The summed E-state index contributed by atoms with van der Waals surface area (Å²) in [7, 11) is 0. The Balaban J connectivity index is 0.00000308. The van der Waals surface area contributed by atoms with E-state index in [4.69, 9.17) is 9.26 Å². The Kier molecular flexibility index (Phi) is 7.95. The first-order valence-electron chi connectivity index (χ1n) is 13.1. The van der Waals surface area contributed by atoms with Crippen molar-refractivity contribution in [2.75, 3.05) is 25.0 Å². The van der Waals surface area contributed by atoms with Crippen LogP contribution in [0.4, 0.5) is 10.1 Å².